The van der Waals surface area contributed by atoms with E-state index < -0.39 is 48.4 Å². The Kier molecular flexibility index (Phi) is 12.6. The molecule has 0 bridgehead atoms. The standard InChI is InChI=1S/C9H12O9.2Mg.4H/c1-4(10)7(14)18-6(13)3-9(17,8(15)16)2-5(11)12;;;;;;/h4,10,17H,2-3H2,1H3,(H,11,12)(H,15,16);;;;;;. The Hall–Kier alpha value is -0.468. The minimum absolute atomic E-state index is 0. The van der Waals surface area contributed by atoms with Gasteiger partial charge in [0.2, 0.25) is 0 Å². The van der Waals surface area contributed by atoms with Crippen molar-refractivity contribution in [2.75, 3.05) is 0 Å². The molecule has 0 aromatic rings. The summed E-state index contributed by atoms with van der Waals surface area (Å²) in [6, 6.07) is 0. The molecule has 0 radical (unpaired) electrons. The number of carboxylic acids is 2. The summed E-state index contributed by atoms with van der Waals surface area (Å²) in [5.41, 5.74) is -2.87. The molecule has 9 nitrogen and oxygen atoms in total. The van der Waals surface area contributed by atoms with Gasteiger partial charge in [0, 0.05) is 0 Å². The van der Waals surface area contributed by atoms with Crippen LogP contribution < -0.4 is 0 Å². The van der Waals surface area contributed by atoms with Gasteiger partial charge in [0.1, 0.15) is 6.10 Å². The van der Waals surface area contributed by atoms with Gasteiger partial charge in [-0.1, -0.05) is 0 Å². The highest BCUT2D eigenvalue weighted by Gasteiger charge is 2.42. The predicted octanol–water partition coefficient (Wildman–Crippen LogP) is -3.71. The number of aliphatic hydroxyl groups is 2. The smallest absolute Gasteiger partial charge is 0.342 e. The average molecular weight is 317 g/mol. The predicted molar refractivity (Wildman–Crippen MR) is 69.3 cm³/mol. The van der Waals surface area contributed by atoms with Crippen molar-refractivity contribution in [3.05, 3.63) is 0 Å². The number of carboxylic acid groups (broad SMARTS) is 2. The molecule has 2 atom stereocenters. The molecule has 11 heteroatoms. The van der Waals surface area contributed by atoms with Crippen molar-refractivity contribution in [1.29, 1.82) is 0 Å². The van der Waals surface area contributed by atoms with Crippen LogP contribution in [0.15, 0.2) is 0 Å². The van der Waals surface area contributed by atoms with Gasteiger partial charge in [-0.2, -0.15) is 0 Å². The number of rotatable bonds is 6. The molecule has 0 heterocycles. The third-order valence-corrected chi connectivity index (χ3v) is 1.83. The molecule has 2 unspecified atom stereocenters. The summed E-state index contributed by atoms with van der Waals surface area (Å²) in [7, 11) is 0. The van der Waals surface area contributed by atoms with Crippen LogP contribution in [0.5, 0.6) is 0 Å². The van der Waals surface area contributed by atoms with Crippen LogP contribution >= 0.6 is 0 Å². The fourth-order valence-electron chi connectivity index (χ4n) is 0.936. The molecule has 0 amide bonds. The molecule has 110 valence electrons. The van der Waals surface area contributed by atoms with Crippen molar-refractivity contribution in [2.45, 2.75) is 31.5 Å². The normalized spacial score (nSPS) is 13.8. The Morgan fingerprint density at radius 2 is 1.55 bits per heavy atom. The molecule has 0 fully saturated rings. The van der Waals surface area contributed by atoms with E-state index in [1.807, 2.05) is 0 Å². The molecular formula is C9H16Mg2O9. The van der Waals surface area contributed by atoms with Crippen molar-refractivity contribution in [2.24, 2.45) is 0 Å². The molecular weight excluding hydrogens is 301 g/mol. The van der Waals surface area contributed by atoms with Crippen LogP contribution in [0.3, 0.4) is 0 Å². The van der Waals surface area contributed by atoms with Crippen molar-refractivity contribution in [3.63, 3.8) is 0 Å². The zero-order chi connectivity index (χ0) is 14.5. The Bertz CT molecular complexity index is 382. The number of aliphatic carboxylic acids is 2. The summed E-state index contributed by atoms with van der Waals surface area (Å²) < 4.78 is 4.00. The van der Waals surface area contributed by atoms with Gasteiger partial charge in [-0.25, -0.2) is 9.59 Å². The summed E-state index contributed by atoms with van der Waals surface area (Å²) in [4.78, 5) is 42.9. The Morgan fingerprint density at radius 3 is 1.85 bits per heavy atom. The third-order valence-electron chi connectivity index (χ3n) is 1.83. The van der Waals surface area contributed by atoms with Gasteiger partial charge in [-0.15, -0.1) is 0 Å². The lowest BCUT2D eigenvalue weighted by Gasteiger charge is -2.19. The van der Waals surface area contributed by atoms with Crippen molar-refractivity contribution in [3.8, 4) is 0 Å². The first-order chi connectivity index (χ1) is 8.08. The van der Waals surface area contributed by atoms with Crippen LogP contribution in [-0.2, 0) is 23.9 Å². The molecule has 0 saturated heterocycles. The van der Waals surface area contributed by atoms with E-state index in [9.17, 15) is 24.3 Å². The minimum Gasteiger partial charge on any atom is -0.481 e. The summed E-state index contributed by atoms with van der Waals surface area (Å²) in [6.07, 6.45) is -4.07. The Balaban J connectivity index is -0.00000144. The van der Waals surface area contributed by atoms with E-state index in [1.54, 1.807) is 0 Å². The maximum Gasteiger partial charge on any atom is 0.342 e. The van der Waals surface area contributed by atoms with Crippen LogP contribution in [-0.4, -0.2) is 102 Å². The molecule has 4 N–H and O–H groups in total. The second kappa shape index (κ2) is 10.3. The van der Waals surface area contributed by atoms with E-state index >= 15 is 0 Å². The van der Waals surface area contributed by atoms with Crippen LogP contribution in [0, 0.1) is 0 Å². The summed E-state index contributed by atoms with van der Waals surface area (Å²) >= 11 is 0. The van der Waals surface area contributed by atoms with Gasteiger partial charge in [-0.3, -0.25) is 9.59 Å². The molecule has 0 spiro atoms. The largest absolute Gasteiger partial charge is 0.481 e. The van der Waals surface area contributed by atoms with Gasteiger partial charge >= 0.3 is 70.0 Å². The molecule has 0 saturated carbocycles. The highest BCUT2D eigenvalue weighted by molar-refractivity contribution is 5.92. The fourth-order valence-corrected chi connectivity index (χ4v) is 0.936. The highest BCUT2D eigenvalue weighted by Crippen LogP contribution is 2.17. The average Bonchev–Trinajstić information content (AvgIpc) is 2.14. The third kappa shape index (κ3) is 8.65. The Morgan fingerprint density at radius 1 is 1.10 bits per heavy atom. The van der Waals surface area contributed by atoms with Crippen molar-refractivity contribution >= 4 is 70.0 Å². The second-order valence-corrected chi connectivity index (χ2v) is 3.55. The van der Waals surface area contributed by atoms with E-state index in [4.69, 9.17) is 15.3 Å². The van der Waals surface area contributed by atoms with Crippen molar-refractivity contribution in [1.82, 2.24) is 0 Å². The van der Waals surface area contributed by atoms with Gasteiger partial charge in [0.05, 0.1) is 12.8 Å². The van der Waals surface area contributed by atoms with Crippen molar-refractivity contribution < 1.29 is 44.3 Å². The number of hydrogen-bond donors (Lipinski definition) is 4. The van der Waals surface area contributed by atoms with Gasteiger partial charge in [-0.05, 0) is 6.92 Å². The molecule has 0 aliphatic rings. The number of hydrogen-bond acceptors (Lipinski definition) is 7. The first-order valence-corrected chi connectivity index (χ1v) is 4.68. The summed E-state index contributed by atoms with van der Waals surface area (Å²) in [5.74, 6) is -6.36. The molecule has 0 rings (SSSR count). The lowest BCUT2D eigenvalue weighted by atomic mass is 9.96. The van der Waals surface area contributed by atoms with E-state index in [2.05, 4.69) is 4.74 Å². The van der Waals surface area contributed by atoms with E-state index in [1.165, 1.54) is 0 Å². The zero-order valence-corrected chi connectivity index (χ0v) is 9.32. The van der Waals surface area contributed by atoms with Gasteiger partial charge in [0.25, 0.3) is 0 Å². The zero-order valence-electron chi connectivity index (χ0n) is 9.32. The number of carbonyl (C=O) groups is 4. The first-order valence-electron chi connectivity index (χ1n) is 4.68. The molecule has 0 aliphatic carbocycles. The lowest BCUT2D eigenvalue weighted by Crippen LogP contribution is -2.43. The fraction of sp³-hybridized carbons (Fsp3) is 0.556. The molecule has 20 heavy (non-hydrogen) atoms. The lowest BCUT2D eigenvalue weighted by molar-refractivity contribution is -0.176. The monoisotopic (exact) mass is 316 g/mol. The number of ether oxygens (including phenoxy) is 1. The Labute approximate surface area is 145 Å². The minimum atomic E-state index is -2.87. The van der Waals surface area contributed by atoms with Gasteiger partial charge in [0.15, 0.2) is 5.60 Å². The SMILES string of the molecule is CC(O)C(=O)OC(=O)CC(O)(CC(=O)O)C(=O)O.[MgH2].[MgH2]. The number of esters is 2. The topological polar surface area (TPSA) is 158 Å². The molecule has 0 aliphatic heterocycles. The summed E-state index contributed by atoms with van der Waals surface area (Å²) in [5, 5.41) is 35.2. The molecule has 0 aromatic carbocycles. The first kappa shape index (κ1) is 24.5. The van der Waals surface area contributed by atoms with E-state index in [0.717, 1.165) is 6.92 Å². The number of aliphatic hydroxyl groups excluding tert-OH is 1. The van der Waals surface area contributed by atoms with Crippen LogP contribution in [0.25, 0.3) is 0 Å². The van der Waals surface area contributed by atoms with Crippen LogP contribution in [0.1, 0.15) is 19.8 Å². The van der Waals surface area contributed by atoms with E-state index in [-0.39, 0.29) is 46.1 Å². The summed E-state index contributed by atoms with van der Waals surface area (Å²) in [6.45, 7) is 1.01. The van der Waals surface area contributed by atoms with Gasteiger partial charge < -0.3 is 25.2 Å². The maximum absolute atomic E-state index is 11.1. The number of carbonyl (C=O) groups excluding carboxylic acids is 2. The molecule has 0 aromatic heterocycles. The van der Waals surface area contributed by atoms with Crippen LogP contribution in [0.4, 0.5) is 0 Å². The highest BCUT2D eigenvalue weighted by atomic mass is 24.3. The van der Waals surface area contributed by atoms with Crippen LogP contribution in [0.2, 0.25) is 0 Å². The quantitative estimate of drug-likeness (QED) is 0.219. The second-order valence-electron chi connectivity index (χ2n) is 3.55. The van der Waals surface area contributed by atoms with E-state index in [0.29, 0.717) is 0 Å². The maximum atomic E-state index is 11.1.